The Kier molecular flexibility index (Phi) is 8.66. The minimum absolute atomic E-state index is 0.0233. The Morgan fingerprint density at radius 3 is 2.17 bits per heavy atom. The molecule has 46 heavy (non-hydrogen) atoms. The lowest BCUT2D eigenvalue weighted by Gasteiger charge is -2.38. The summed E-state index contributed by atoms with van der Waals surface area (Å²) in [4.78, 5) is 68.7. The molecule has 1 aromatic heterocycles. The highest BCUT2D eigenvalue weighted by molar-refractivity contribution is 14.1. The van der Waals surface area contributed by atoms with Gasteiger partial charge in [-0.2, -0.15) is 4.57 Å². The standard InChI is InChI=1S/C32H22IN5O8/c1-2-31(23-15-9-8-14-22(23)28(43)44)25(20-12-6-7-13-21(20)27(41)42)32(18-33,35-36-34)46-29(31)37-17-16-24(39)38(30(37)45)26(40)19-10-4-3-5-11-19/h1,3-17,25,29H,18H2,(H,41,42)(H,43,44)/t25-,29+,31+,32+/m0/s1. The highest BCUT2D eigenvalue weighted by atomic mass is 127. The van der Waals surface area contributed by atoms with E-state index in [0.29, 0.717) is 4.57 Å². The highest BCUT2D eigenvalue weighted by Crippen LogP contribution is 2.62. The van der Waals surface area contributed by atoms with Gasteiger partial charge in [-0.3, -0.25) is 14.2 Å². The van der Waals surface area contributed by atoms with Gasteiger partial charge in [-0.1, -0.05) is 88.2 Å². The van der Waals surface area contributed by atoms with Crippen molar-refractivity contribution in [2.24, 2.45) is 5.11 Å². The minimum atomic E-state index is -2.10. The van der Waals surface area contributed by atoms with Gasteiger partial charge in [-0.15, -0.1) is 6.42 Å². The van der Waals surface area contributed by atoms with E-state index < -0.39 is 52.4 Å². The van der Waals surface area contributed by atoms with Crippen molar-refractivity contribution in [1.82, 2.24) is 9.13 Å². The van der Waals surface area contributed by atoms with Crippen LogP contribution in [0, 0.1) is 12.3 Å². The summed E-state index contributed by atoms with van der Waals surface area (Å²) in [5, 5.41) is 24.4. The second-order valence-corrected chi connectivity index (χ2v) is 10.9. The SMILES string of the molecule is C#C[C@]1(c2ccccc2C(=O)O)[C@H](n2ccc(=O)n(C(=O)c3ccccc3)c2=O)O[C@@](CI)(N=[N+]=[N-])[C@H]1c1ccccc1C(=O)O. The van der Waals surface area contributed by atoms with Crippen LogP contribution in [0.1, 0.15) is 54.3 Å². The maximum Gasteiger partial charge on any atom is 0.340 e. The van der Waals surface area contributed by atoms with Crippen molar-refractivity contribution in [3.05, 3.63) is 150 Å². The van der Waals surface area contributed by atoms with Gasteiger partial charge in [-0.25, -0.2) is 14.4 Å². The number of aromatic nitrogens is 2. The number of halogens is 1. The number of alkyl halides is 1. The number of nitrogens with zero attached hydrogens (tertiary/aromatic N) is 5. The molecular formula is C32H22IN5O8. The summed E-state index contributed by atoms with van der Waals surface area (Å²) in [5.41, 5.74) is 2.93. The molecule has 1 aliphatic heterocycles. The molecule has 5 rings (SSSR count). The predicted octanol–water partition coefficient (Wildman–Crippen LogP) is 4.42. The maximum atomic E-state index is 14.2. The molecule has 1 fully saturated rings. The first-order valence-electron chi connectivity index (χ1n) is 13.4. The van der Waals surface area contributed by atoms with Crippen LogP contribution < -0.4 is 11.2 Å². The van der Waals surface area contributed by atoms with E-state index in [-0.39, 0.29) is 32.2 Å². The Bertz CT molecular complexity index is 2100. The van der Waals surface area contributed by atoms with Crippen LogP contribution >= 0.6 is 22.6 Å². The fraction of sp³-hybridized carbons (Fsp3) is 0.156. The Morgan fingerprint density at radius 2 is 1.57 bits per heavy atom. The number of carboxylic acid groups (broad SMARTS) is 2. The lowest BCUT2D eigenvalue weighted by atomic mass is 9.63. The van der Waals surface area contributed by atoms with Crippen LogP contribution in [0.25, 0.3) is 10.4 Å². The summed E-state index contributed by atoms with van der Waals surface area (Å²) in [5.74, 6) is -2.52. The molecule has 0 radical (unpaired) electrons. The quantitative estimate of drug-likeness (QED) is 0.0664. The van der Waals surface area contributed by atoms with Crippen molar-refractivity contribution in [3.63, 3.8) is 0 Å². The van der Waals surface area contributed by atoms with Crippen LogP contribution in [-0.4, -0.2) is 47.3 Å². The zero-order chi connectivity index (χ0) is 33.2. The molecule has 2 N–H and O–H groups in total. The summed E-state index contributed by atoms with van der Waals surface area (Å²) >= 11 is 1.86. The van der Waals surface area contributed by atoms with Crippen LogP contribution in [0.15, 0.2) is 106 Å². The van der Waals surface area contributed by atoms with Gasteiger partial charge in [0.15, 0.2) is 12.0 Å². The molecule has 14 heteroatoms. The van der Waals surface area contributed by atoms with E-state index in [9.17, 15) is 39.7 Å². The van der Waals surface area contributed by atoms with Crippen molar-refractivity contribution in [3.8, 4) is 12.3 Å². The lowest BCUT2D eigenvalue weighted by Crippen LogP contribution is -2.48. The van der Waals surface area contributed by atoms with Gasteiger partial charge in [-0.05, 0) is 40.9 Å². The Morgan fingerprint density at radius 1 is 0.957 bits per heavy atom. The number of hydrogen-bond acceptors (Lipinski definition) is 7. The largest absolute Gasteiger partial charge is 0.478 e. The number of aromatic carboxylic acids is 2. The smallest absolute Gasteiger partial charge is 0.340 e. The molecule has 0 unspecified atom stereocenters. The summed E-state index contributed by atoms with van der Waals surface area (Å²) in [6, 6.07) is 19.8. The van der Waals surface area contributed by atoms with Crippen LogP contribution in [0.5, 0.6) is 0 Å². The molecule has 2 heterocycles. The van der Waals surface area contributed by atoms with E-state index in [2.05, 4.69) is 15.9 Å². The van der Waals surface area contributed by atoms with Gasteiger partial charge in [0.25, 0.3) is 11.5 Å². The third-order valence-corrected chi connectivity index (χ3v) is 8.94. The first-order chi connectivity index (χ1) is 22.1. The molecule has 0 aliphatic carbocycles. The molecule has 1 saturated heterocycles. The van der Waals surface area contributed by atoms with Gasteiger partial charge in [0.1, 0.15) is 5.41 Å². The molecule has 0 bridgehead atoms. The monoisotopic (exact) mass is 731 g/mol. The molecule has 4 aromatic rings. The summed E-state index contributed by atoms with van der Waals surface area (Å²) in [7, 11) is 0. The fourth-order valence-electron chi connectivity index (χ4n) is 5.97. The first kappa shape index (κ1) is 31.9. The van der Waals surface area contributed by atoms with E-state index >= 15 is 0 Å². The van der Waals surface area contributed by atoms with Gasteiger partial charge in [0.05, 0.1) is 11.1 Å². The molecule has 1 aliphatic rings. The summed E-state index contributed by atoms with van der Waals surface area (Å²) in [6.07, 6.45) is 5.63. The number of benzene rings is 3. The van der Waals surface area contributed by atoms with Gasteiger partial charge in [0, 0.05) is 33.1 Å². The van der Waals surface area contributed by atoms with E-state index in [1.54, 1.807) is 18.2 Å². The second-order valence-electron chi connectivity index (χ2n) is 10.2. The van der Waals surface area contributed by atoms with Crippen molar-refractivity contribution >= 4 is 40.4 Å². The first-order valence-corrected chi connectivity index (χ1v) is 15.0. The summed E-state index contributed by atoms with van der Waals surface area (Å²) < 4.78 is 7.55. The van der Waals surface area contributed by atoms with Crippen LogP contribution in [-0.2, 0) is 10.2 Å². The Balaban J connectivity index is 1.95. The van der Waals surface area contributed by atoms with Crippen LogP contribution in [0.2, 0.25) is 0 Å². The molecule has 0 amide bonds. The fourth-order valence-corrected chi connectivity index (χ4v) is 6.74. The third-order valence-electron chi connectivity index (χ3n) is 7.85. The highest BCUT2D eigenvalue weighted by Gasteiger charge is 2.66. The van der Waals surface area contributed by atoms with E-state index in [0.717, 1.165) is 16.8 Å². The Hall–Kier alpha value is -5.49. The van der Waals surface area contributed by atoms with E-state index in [4.69, 9.17) is 11.2 Å². The molecule has 3 aromatic carbocycles. The second kappa shape index (κ2) is 12.5. The van der Waals surface area contributed by atoms with Crippen LogP contribution in [0.4, 0.5) is 0 Å². The number of carbonyl (C=O) groups is 3. The van der Waals surface area contributed by atoms with Crippen LogP contribution in [0.3, 0.4) is 0 Å². The topological polar surface area (TPSA) is 194 Å². The number of terminal acetylenes is 1. The predicted molar refractivity (Wildman–Crippen MR) is 172 cm³/mol. The number of carbonyl (C=O) groups excluding carboxylic acids is 1. The zero-order valence-corrected chi connectivity index (χ0v) is 25.7. The van der Waals surface area contributed by atoms with E-state index in [1.807, 2.05) is 22.6 Å². The molecule has 4 atom stereocenters. The van der Waals surface area contributed by atoms with Crippen molar-refractivity contribution in [2.75, 3.05) is 4.43 Å². The molecular weight excluding hydrogens is 709 g/mol. The van der Waals surface area contributed by atoms with Gasteiger partial charge in [0.2, 0.25) is 0 Å². The maximum absolute atomic E-state index is 14.2. The number of azide groups is 1. The summed E-state index contributed by atoms with van der Waals surface area (Å²) in [6.45, 7) is 0. The zero-order valence-electron chi connectivity index (χ0n) is 23.6. The van der Waals surface area contributed by atoms with Gasteiger partial charge < -0.3 is 14.9 Å². The van der Waals surface area contributed by atoms with Gasteiger partial charge >= 0.3 is 17.6 Å². The average molecular weight is 731 g/mol. The average Bonchev–Trinajstić information content (AvgIpc) is 3.35. The minimum Gasteiger partial charge on any atom is -0.478 e. The third kappa shape index (κ3) is 4.96. The van der Waals surface area contributed by atoms with Crippen molar-refractivity contribution in [1.29, 1.82) is 0 Å². The number of ether oxygens (including phenoxy) is 1. The molecule has 0 spiro atoms. The molecule has 13 nitrogen and oxygen atoms in total. The molecule has 230 valence electrons. The number of rotatable bonds is 8. The normalized spacial score (nSPS) is 21.9. The van der Waals surface area contributed by atoms with Crippen molar-refractivity contribution in [2.45, 2.75) is 23.3 Å². The number of hydrogen-bond donors (Lipinski definition) is 2. The van der Waals surface area contributed by atoms with E-state index in [1.165, 1.54) is 60.7 Å². The van der Waals surface area contributed by atoms with Crippen molar-refractivity contribution < 1.29 is 29.3 Å². The lowest BCUT2D eigenvalue weighted by molar-refractivity contribution is -0.0654. The number of carboxylic acids is 2. The molecule has 0 saturated carbocycles. The Labute approximate surface area is 273 Å².